The molecule has 1 aliphatic carbocycles. The van der Waals surface area contributed by atoms with Crippen LogP contribution in [0.3, 0.4) is 0 Å². The predicted octanol–water partition coefficient (Wildman–Crippen LogP) is 4.57. The zero-order valence-electron chi connectivity index (χ0n) is 21.5. The summed E-state index contributed by atoms with van der Waals surface area (Å²) in [7, 11) is 1.51. The normalized spacial score (nSPS) is 16.2. The molecular weight excluding hydrogens is 550 g/mol. The van der Waals surface area contributed by atoms with Crippen LogP contribution in [-0.2, 0) is 21.4 Å². The van der Waals surface area contributed by atoms with Gasteiger partial charge in [0.25, 0.3) is 5.88 Å². The second-order valence-electron chi connectivity index (χ2n) is 9.83. The Morgan fingerprint density at radius 1 is 1.17 bits per heavy atom. The van der Waals surface area contributed by atoms with E-state index in [1.54, 1.807) is 16.9 Å². The molecule has 11 nitrogen and oxygen atoms in total. The highest BCUT2D eigenvalue weighted by Gasteiger charge is 2.66. The maximum atomic E-state index is 14.9. The zero-order valence-corrected chi connectivity index (χ0v) is 21.5. The van der Waals surface area contributed by atoms with Crippen molar-refractivity contribution >= 4 is 23.4 Å². The monoisotopic (exact) mass is 573 g/mol. The van der Waals surface area contributed by atoms with Gasteiger partial charge in [0.15, 0.2) is 11.6 Å². The number of benzene rings is 1. The summed E-state index contributed by atoms with van der Waals surface area (Å²) in [4.78, 5) is 21.0. The Kier molecular flexibility index (Phi) is 6.60. The molecule has 3 aromatic heterocycles. The molecule has 0 unspecified atom stereocenters. The molecule has 41 heavy (non-hydrogen) atoms. The average Bonchev–Trinajstić information content (AvgIpc) is 3.46. The summed E-state index contributed by atoms with van der Waals surface area (Å²) in [5.41, 5.74) is -0.367. The molecule has 4 aromatic rings. The molecule has 1 aliphatic heterocycles. The zero-order chi connectivity index (χ0) is 28.8. The van der Waals surface area contributed by atoms with Crippen LogP contribution in [-0.4, -0.2) is 57.3 Å². The predicted molar refractivity (Wildman–Crippen MR) is 135 cm³/mol. The smallest absolute Gasteiger partial charge is 0.401 e. The van der Waals surface area contributed by atoms with Gasteiger partial charge in [-0.25, -0.2) is 14.4 Å². The van der Waals surface area contributed by atoms with E-state index in [2.05, 4.69) is 30.9 Å². The molecule has 15 heteroatoms. The number of methoxy groups -OCH3 is 1. The molecular formula is C26H23F4N7O4. The summed E-state index contributed by atoms with van der Waals surface area (Å²) < 4.78 is 71.8. The van der Waals surface area contributed by atoms with Crippen LogP contribution >= 0.6 is 0 Å². The molecule has 2 aliphatic rings. The molecule has 1 aromatic carbocycles. The number of aromatic nitrogens is 5. The van der Waals surface area contributed by atoms with E-state index in [-0.39, 0.29) is 48.4 Å². The third kappa shape index (κ3) is 5.19. The Morgan fingerprint density at radius 3 is 2.54 bits per heavy atom. The fourth-order valence-electron chi connectivity index (χ4n) is 4.42. The van der Waals surface area contributed by atoms with E-state index in [0.29, 0.717) is 35.9 Å². The number of halogens is 4. The molecule has 6 rings (SSSR count). The number of rotatable bonds is 9. The van der Waals surface area contributed by atoms with Crippen molar-refractivity contribution in [2.75, 3.05) is 31.0 Å². The quantitative estimate of drug-likeness (QED) is 0.277. The van der Waals surface area contributed by atoms with Crippen LogP contribution in [0.2, 0.25) is 0 Å². The first-order valence-electron chi connectivity index (χ1n) is 12.6. The van der Waals surface area contributed by atoms with Crippen molar-refractivity contribution < 1.29 is 36.4 Å². The standard InChI is InChI=1S/C26H23F4N7O4/c1-39-23-19(11-37(35-23)17-12-40-13-17)33-24-31-9-16(10-32-24)14-2-3-15(18(27)6-14)7-22(38)34-21-8-20(41-36-21)25(4-5-25)26(28,29)30/h2-3,6,8-11,17H,4-5,7,12-13H2,1H3,(H,31,32,33)(H,34,36,38). The van der Waals surface area contributed by atoms with Gasteiger partial charge in [0.2, 0.25) is 11.9 Å². The molecule has 0 radical (unpaired) electrons. The molecule has 4 heterocycles. The van der Waals surface area contributed by atoms with Gasteiger partial charge in [0.05, 0.1) is 39.0 Å². The summed E-state index contributed by atoms with van der Waals surface area (Å²) in [5.74, 6) is -1.15. The summed E-state index contributed by atoms with van der Waals surface area (Å²) >= 11 is 0. The van der Waals surface area contributed by atoms with Crippen LogP contribution in [0.1, 0.15) is 30.2 Å². The second kappa shape index (κ2) is 10.1. The number of carbonyl (C=O) groups excluding carboxylic acids is 1. The summed E-state index contributed by atoms with van der Waals surface area (Å²) in [6.45, 7) is 1.15. The van der Waals surface area contributed by atoms with Crippen molar-refractivity contribution in [3.8, 4) is 17.0 Å². The van der Waals surface area contributed by atoms with Crippen LogP contribution in [0, 0.1) is 5.82 Å². The van der Waals surface area contributed by atoms with Gasteiger partial charge in [0.1, 0.15) is 16.9 Å². The number of anilines is 3. The van der Waals surface area contributed by atoms with Gasteiger partial charge in [-0.1, -0.05) is 17.3 Å². The maximum absolute atomic E-state index is 14.9. The van der Waals surface area contributed by atoms with Crippen molar-refractivity contribution in [3.63, 3.8) is 0 Å². The Bertz CT molecular complexity index is 1580. The molecule has 1 amide bonds. The van der Waals surface area contributed by atoms with Crippen LogP contribution < -0.4 is 15.4 Å². The lowest BCUT2D eigenvalue weighted by Crippen LogP contribution is -2.30. The molecule has 0 bridgehead atoms. The van der Waals surface area contributed by atoms with E-state index >= 15 is 0 Å². The first-order valence-corrected chi connectivity index (χ1v) is 12.6. The molecule has 0 spiro atoms. The Hall–Kier alpha value is -4.53. The van der Waals surface area contributed by atoms with Crippen molar-refractivity contribution in [1.82, 2.24) is 24.9 Å². The minimum atomic E-state index is -4.47. The van der Waals surface area contributed by atoms with Gasteiger partial charge in [-0.3, -0.25) is 9.48 Å². The van der Waals surface area contributed by atoms with E-state index in [9.17, 15) is 22.4 Å². The molecule has 214 valence electrons. The Labute approximate surface area is 229 Å². The number of amides is 1. The lowest BCUT2D eigenvalue weighted by molar-refractivity contribution is -0.165. The fraction of sp³-hybridized carbons (Fsp3) is 0.346. The molecule has 1 saturated carbocycles. The minimum Gasteiger partial charge on any atom is -0.478 e. The van der Waals surface area contributed by atoms with Crippen molar-refractivity contribution in [3.05, 3.63) is 60.0 Å². The topological polar surface area (TPSA) is 129 Å². The SMILES string of the molecule is COc1nn(C2COC2)cc1Nc1ncc(-c2ccc(CC(=O)Nc3cc(C4(C(F)(F)F)CC4)on3)c(F)c2)cn1. The minimum absolute atomic E-state index is 0.0871. The molecule has 0 atom stereocenters. The number of alkyl halides is 3. The van der Waals surface area contributed by atoms with E-state index in [4.69, 9.17) is 14.0 Å². The lowest BCUT2D eigenvalue weighted by Gasteiger charge is -2.25. The van der Waals surface area contributed by atoms with Gasteiger partial charge >= 0.3 is 6.18 Å². The molecule has 1 saturated heterocycles. The summed E-state index contributed by atoms with van der Waals surface area (Å²) in [6.07, 6.45) is -0.215. The first kappa shape index (κ1) is 26.7. The summed E-state index contributed by atoms with van der Waals surface area (Å²) in [6, 6.07) is 5.49. The van der Waals surface area contributed by atoms with E-state index in [1.165, 1.54) is 31.6 Å². The van der Waals surface area contributed by atoms with Gasteiger partial charge in [0, 0.05) is 24.0 Å². The highest BCUT2D eigenvalue weighted by atomic mass is 19.4. The summed E-state index contributed by atoms with van der Waals surface area (Å²) in [5, 5.41) is 13.3. The third-order valence-corrected chi connectivity index (χ3v) is 7.06. The number of hydrogen-bond acceptors (Lipinski definition) is 9. The van der Waals surface area contributed by atoms with Crippen molar-refractivity contribution in [1.29, 1.82) is 0 Å². The highest BCUT2D eigenvalue weighted by Crippen LogP contribution is 2.59. The number of nitrogens with one attached hydrogen (secondary N) is 2. The average molecular weight is 574 g/mol. The van der Waals surface area contributed by atoms with Crippen LogP contribution in [0.5, 0.6) is 5.88 Å². The first-order chi connectivity index (χ1) is 19.6. The van der Waals surface area contributed by atoms with E-state index in [1.807, 2.05) is 0 Å². The van der Waals surface area contributed by atoms with Crippen LogP contribution in [0.15, 0.2) is 47.4 Å². The number of hydrogen-bond donors (Lipinski definition) is 2. The van der Waals surface area contributed by atoms with E-state index in [0.717, 1.165) is 6.07 Å². The van der Waals surface area contributed by atoms with Gasteiger partial charge < -0.3 is 24.6 Å². The highest BCUT2D eigenvalue weighted by molar-refractivity contribution is 5.91. The lowest BCUT2D eigenvalue weighted by atomic mass is 10.0. The van der Waals surface area contributed by atoms with Crippen LogP contribution in [0.4, 0.5) is 35.0 Å². The largest absolute Gasteiger partial charge is 0.478 e. The Balaban J connectivity index is 1.08. The van der Waals surface area contributed by atoms with Gasteiger partial charge in [-0.15, -0.1) is 5.10 Å². The molecule has 2 N–H and O–H groups in total. The maximum Gasteiger partial charge on any atom is 0.401 e. The number of nitrogens with zero attached hydrogens (tertiary/aromatic N) is 5. The Morgan fingerprint density at radius 2 is 1.93 bits per heavy atom. The van der Waals surface area contributed by atoms with Crippen molar-refractivity contribution in [2.24, 2.45) is 0 Å². The van der Waals surface area contributed by atoms with Gasteiger partial charge in [-0.2, -0.15) is 13.2 Å². The number of carbonyl (C=O) groups is 1. The third-order valence-electron chi connectivity index (χ3n) is 7.06. The van der Waals surface area contributed by atoms with Crippen LogP contribution in [0.25, 0.3) is 11.1 Å². The number of ether oxygens (including phenoxy) is 2. The van der Waals surface area contributed by atoms with Crippen molar-refractivity contribution in [2.45, 2.75) is 36.9 Å². The second-order valence-corrected chi connectivity index (χ2v) is 9.83. The fourth-order valence-corrected chi connectivity index (χ4v) is 4.42. The van der Waals surface area contributed by atoms with E-state index < -0.39 is 23.3 Å². The van der Waals surface area contributed by atoms with Gasteiger partial charge in [-0.05, 0) is 30.0 Å². The molecule has 2 fully saturated rings.